The van der Waals surface area contributed by atoms with Crippen molar-refractivity contribution in [3.05, 3.63) is 0 Å². The highest BCUT2D eigenvalue weighted by Gasteiger charge is 2.43. The SMILES string of the molecule is COC(=O)CC(C(=O)N1CCCC1C(C)(C)C)C(C)(C)C. The highest BCUT2D eigenvalue weighted by Crippen LogP contribution is 2.37. The van der Waals surface area contributed by atoms with Gasteiger partial charge in [0.2, 0.25) is 5.91 Å². The van der Waals surface area contributed by atoms with Crippen molar-refractivity contribution in [1.82, 2.24) is 4.90 Å². The number of hydrogen-bond acceptors (Lipinski definition) is 3. The van der Waals surface area contributed by atoms with Gasteiger partial charge in [-0.05, 0) is 23.7 Å². The van der Waals surface area contributed by atoms with Crippen LogP contribution in [-0.4, -0.2) is 36.5 Å². The molecule has 1 saturated heterocycles. The molecule has 0 aromatic rings. The Labute approximate surface area is 129 Å². The number of amides is 1. The minimum absolute atomic E-state index is 0.0693. The van der Waals surface area contributed by atoms with Crippen LogP contribution in [0, 0.1) is 16.7 Å². The zero-order chi connectivity index (χ0) is 16.4. The Bertz CT molecular complexity index is 390. The zero-order valence-corrected chi connectivity index (χ0v) is 14.7. The molecule has 0 aliphatic carbocycles. The Hall–Kier alpha value is -1.06. The summed E-state index contributed by atoms with van der Waals surface area (Å²) in [6.07, 6.45) is 2.25. The fraction of sp³-hybridized carbons (Fsp3) is 0.882. The van der Waals surface area contributed by atoms with Crippen molar-refractivity contribution >= 4 is 11.9 Å². The number of nitrogens with zero attached hydrogens (tertiary/aromatic N) is 1. The molecule has 0 saturated carbocycles. The average Bonchev–Trinajstić information content (AvgIpc) is 2.82. The molecule has 1 rings (SSSR count). The van der Waals surface area contributed by atoms with Crippen LogP contribution in [-0.2, 0) is 14.3 Å². The van der Waals surface area contributed by atoms with E-state index >= 15 is 0 Å². The Balaban J connectivity index is 2.97. The van der Waals surface area contributed by atoms with Crippen LogP contribution in [0.3, 0.4) is 0 Å². The third kappa shape index (κ3) is 4.45. The van der Waals surface area contributed by atoms with Gasteiger partial charge in [0.05, 0.1) is 19.4 Å². The Morgan fingerprint density at radius 3 is 2.19 bits per heavy atom. The van der Waals surface area contributed by atoms with Gasteiger partial charge in [-0.1, -0.05) is 41.5 Å². The van der Waals surface area contributed by atoms with Crippen LogP contribution in [0.5, 0.6) is 0 Å². The van der Waals surface area contributed by atoms with Crippen LogP contribution < -0.4 is 0 Å². The summed E-state index contributed by atoms with van der Waals surface area (Å²) < 4.78 is 4.77. The smallest absolute Gasteiger partial charge is 0.306 e. The first kappa shape index (κ1) is 18.0. The second-order valence-corrected chi connectivity index (χ2v) is 8.25. The second kappa shape index (κ2) is 6.37. The molecule has 0 aromatic carbocycles. The number of carbonyl (C=O) groups excluding carboxylic acids is 2. The summed E-state index contributed by atoms with van der Waals surface area (Å²) in [5.74, 6) is -0.534. The molecule has 0 spiro atoms. The van der Waals surface area contributed by atoms with E-state index in [1.807, 2.05) is 25.7 Å². The second-order valence-electron chi connectivity index (χ2n) is 8.25. The first-order valence-electron chi connectivity index (χ1n) is 7.85. The highest BCUT2D eigenvalue weighted by atomic mass is 16.5. The maximum Gasteiger partial charge on any atom is 0.306 e. The highest BCUT2D eigenvalue weighted by molar-refractivity contribution is 5.85. The Kier molecular flexibility index (Phi) is 5.46. The molecule has 1 aliphatic heterocycles. The van der Waals surface area contributed by atoms with Gasteiger partial charge in [0.15, 0.2) is 0 Å². The standard InChI is InChI=1S/C17H31NO3/c1-16(2,3)12(11-14(19)21-7)15(20)18-10-8-9-13(18)17(4,5)6/h12-13H,8-11H2,1-7H3. The van der Waals surface area contributed by atoms with Gasteiger partial charge in [-0.15, -0.1) is 0 Å². The van der Waals surface area contributed by atoms with Gasteiger partial charge in [-0.2, -0.15) is 0 Å². The van der Waals surface area contributed by atoms with Crippen LogP contribution in [0.4, 0.5) is 0 Å². The number of methoxy groups -OCH3 is 1. The van der Waals surface area contributed by atoms with E-state index in [-0.39, 0.29) is 41.1 Å². The molecule has 1 heterocycles. The zero-order valence-electron chi connectivity index (χ0n) is 14.7. The summed E-state index contributed by atoms with van der Waals surface area (Å²) >= 11 is 0. The van der Waals surface area contributed by atoms with Gasteiger partial charge in [0, 0.05) is 12.6 Å². The number of rotatable bonds is 3. The fourth-order valence-electron chi connectivity index (χ4n) is 3.15. The third-order valence-electron chi connectivity index (χ3n) is 4.48. The van der Waals surface area contributed by atoms with Crippen LogP contribution in [0.2, 0.25) is 0 Å². The van der Waals surface area contributed by atoms with Crippen molar-refractivity contribution in [2.45, 2.75) is 66.8 Å². The van der Waals surface area contributed by atoms with Crippen molar-refractivity contribution in [1.29, 1.82) is 0 Å². The van der Waals surface area contributed by atoms with Gasteiger partial charge < -0.3 is 9.64 Å². The lowest BCUT2D eigenvalue weighted by molar-refractivity contribution is -0.151. The van der Waals surface area contributed by atoms with Crippen LogP contribution in [0.25, 0.3) is 0 Å². The maximum absolute atomic E-state index is 13.0. The van der Waals surface area contributed by atoms with Crippen molar-refractivity contribution in [3.63, 3.8) is 0 Å². The summed E-state index contributed by atoms with van der Waals surface area (Å²) in [6, 6.07) is 0.257. The molecule has 1 aliphatic rings. The maximum atomic E-state index is 13.0. The molecule has 1 amide bonds. The fourth-order valence-corrected chi connectivity index (χ4v) is 3.15. The number of hydrogen-bond donors (Lipinski definition) is 0. The molecular weight excluding hydrogens is 266 g/mol. The largest absolute Gasteiger partial charge is 0.469 e. The topological polar surface area (TPSA) is 46.6 Å². The van der Waals surface area contributed by atoms with E-state index in [2.05, 4.69) is 20.8 Å². The van der Waals surface area contributed by atoms with Crippen molar-refractivity contribution < 1.29 is 14.3 Å². The summed E-state index contributed by atoms with van der Waals surface area (Å²) in [7, 11) is 1.38. The predicted molar refractivity (Wildman–Crippen MR) is 83.8 cm³/mol. The summed E-state index contributed by atoms with van der Waals surface area (Å²) in [5, 5.41) is 0. The van der Waals surface area contributed by atoms with Crippen LogP contribution in [0.15, 0.2) is 0 Å². The van der Waals surface area contributed by atoms with Gasteiger partial charge >= 0.3 is 5.97 Å². The van der Waals surface area contributed by atoms with E-state index in [1.165, 1.54) is 7.11 Å². The lowest BCUT2D eigenvalue weighted by Crippen LogP contribution is -2.48. The lowest BCUT2D eigenvalue weighted by Gasteiger charge is -2.39. The van der Waals surface area contributed by atoms with Crippen molar-refractivity contribution in [3.8, 4) is 0 Å². The first-order valence-corrected chi connectivity index (χ1v) is 7.85. The monoisotopic (exact) mass is 297 g/mol. The van der Waals surface area contributed by atoms with Crippen LogP contribution >= 0.6 is 0 Å². The van der Waals surface area contributed by atoms with Crippen molar-refractivity contribution in [2.75, 3.05) is 13.7 Å². The van der Waals surface area contributed by atoms with E-state index in [9.17, 15) is 9.59 Å². The van der Waals surface area contributed by atoms with E-state index in [1.54, 1.807) is 0 Å². The Morgan fingerprint density at radius 2 is 1.76 bits per heavy atom. The minimum Gasteiger partial charge on any atom is -0.469 e. The molecule has 0 bridgehead atoms. The van der Waals surface area contributed by atoms with Gasteiger partial charge in [-0.25, -0.2) is 0 Å². The van der Waals surface area contributed by atoms with Gasteiger partial charge in [0.25, 0.3) is 0 Å². The predicted octanol–water partition coefficient (Wildman–Crippen LogP) is 3.25. The molecule has 122 valence electrons. The molecule has 0 aromatic heterocycles. The van der Waals surface area contributed by atoms with Gasteiger partial charge in [-0.3, -0.25) is 9.59 Å². The van der Waals surface area contributed by atoms with Crippen molar-refractivity contribution in [2.24, 2.45) is 16.7 Å². The number of likely N-dealkylation sites (tertiary alicyclic amines) is 1. The Morgan fingerprint density at radius 1 is 1.19 bits per heavy atom. The minimum atomic E-state index is -0.326. The van der Waals surface area contributed by atoms with Crippen LogP contribution in [0.1, 0.15) is 60.8 Å². The third-order valence-corrected chi connectivity index (χ3v) is 4.48. The molecule has 0 N–H and O–H groups in total. The normalized spacial score (nSPS) is 21.3. The van der Waals surface area contributed by atoms with E-state index in [0.29, 0.717) is 0 Å². The molecule has 2 unspecified atom stereocenters. The molecule has 1 fully saturated rings. The molecule has 0 radical (unpaired) electrons. The van der Waals surface area contributed by atoms with Gasteiger partial charge in [0.1, 0.15) is 0 Å². The van der Waals surface area contributed by atoms with E-state index < -0.39 is 0 Å². The lowest BCUT2D eigenvalue weighted by atomic mass is 9.77. The van der Waals surface area contributed by atoms with E-state index in [4.69, 9.17) is 4.74 Å². The average molecular weight is 297 g/mol. The molecule has 4 heteroatoms. The number of carbonyl (C=O) groups is 2. The number of ether oxygens (including phenoxy) is 1. The summed E-state index contributed by atoms with van der Waals surface area (Å²) in [4.78, 5) is 26.7. The molecule has 21 heavy (non-hydrogen) atoms. The van der Waals surface area contributed by atoms with E-state index in [0.717, 1.165) is 19.4 Å². The summed E-state index contributed by atoms with van der Waals surface area (Å²) in [6.45, 7) is 13.4. The quantitative estimate of drug-likeness (QED) is 0.751. The molecule has 4 nitrogen and oxygen atoms in total. The molecule has 2 atom stereocenters. The summed E-state index contributed by atoms with van der Waals surface area (Å²) in [5.41, 5.74) is -0.184. The molecular formula is C17H31NO3. The first-order chi connectivity index (χ1) is 9.48. The number of esters is 1.